The smallest absolute Gasteiger partial charge is 0.120 e. The normalized spacial score (nSPS) is 42.0. The van der Waals surface area contributed by atoms with Crippen LogP contribution in [0.3, 0.4) is 0 Å². The summed E-state index contributed by atoms with van der Waals surface area (Å²) in [5.41, 5.74) is -2.96. The average Bonchev–Trinajstić information content (AvgIpc) is 2.67. The second-order valence-electron chi connectivity index (χ2n) is 7.83. The van der Waals surface area contributed by atoms with E-state index in [4.69, 9.17) is 29.9 Å². The summed E-state index contributed by atoms with van der Waals surface area (Å²) >= 11 is 0. The highest BCUT2D eigenvalue weighted by Crippen LogP contribution is 2.47. The van der Waals surface area contributed by atoms with E-state index in [2.05, 4.69) is 0 Å². The van der Waals surface area contributed by atoms with Crippen LogP contribution >= 0.6 is 0 Å². The summed E-state index contributed by atoms with van der Waals surface area (Å²) < 4.78 is 29.8. The zero-order valence-electron chi connectivity index (χ0n) is 13.8. The molecule has 0 aromatic carbocycles. The van der Waals surface area contributed by atoms with Gasteiger partial charge in [0.25, 0.3) is 0 Å². The molecule has 0 saturated carbocycles. The molecule has 116 valence electrons. The Balaban J connectivity index is 2.28. The van der Waals surface area contributed by atoms with Crippen molar-refractivity contribution in [2.75, 3.05) is 13.2 Å². The van der Waals surface area contributed by atoms with Gasteiger partial charge in [0.1, 0.15) is 21.8 Å². The predicted molar refractivity (Wildman–Crippen MR) is 85.2 cm³/mol. The fourth-order valence-electron chi connectivity index (χ4n) is 2.79. The first-order valence-electron chi connectivity index (χ1n) is 7.25. The third-order valence-corrected chi connectivity index (χ3v) is 6.08. The standard InChI is InChI=1S/C14H24B2O4S/c1-11(2,3)20-9-7-18-14(16)10(8-19-13(9,14)15)21(17)12(4,5)6/h9-10H,7-8H2,1-6H3/t9?,10?,13-,14-,21?/m1/s1. The first-order valence-corrected chi connectivity index (χ1v) is 8.47. The number of hydrogen-bond donors (Lipinski definition) is 0. The van der Waals surface area contributed by atoms with Gasteiger partial charge in [-0.15, -0.1) is 0 Å². The molecule has 0 aliphatic carbocycles. The van der Waals surface area contributed by atoms with E-state index in [1.165, 1.54) is 0 Å². The van der Waals surface area contributed by atoms with E-state index in [0.717, 1.165) is 0 Å². The van der Waals surface area contributed by atoms with Crippen molar-refractivity contribution in [3.8, 4) is 0 Å². The van der Waals surface area contributed by atoms with E-state index in [-0.39, 0.29) is 13.2 Å². The molecule has 2 aliphatic rings. The summed E-state index contributed by atoms with van der Waals surface area (Å²) in [5, 5.41) is -0.476. The molecule has 0 aromatic heterocycles. The van der Waals surface area contributed by atoms with Crippen LogP contribution < -0.4 is 0 Å². The molecule has 0 amide bonds. The van der Waals surface area contributed by atoms with Gasteiger partial charge in [-0.1, -0.05) is 0 Å². The van der Waals surface area contributed by atoms with E-state index in [9.17, 15) is 4.21 Å². The molecular weight excluding hydrogens is 286 g/mol. The van der Waals surface area contributed by atoms with Crippen molar-refractivity contribution in [3.63, 3.8) is 0 Å². The Kier molecular flexibility index (Phi) is 4.24. The lowest BCUT2D eigenvalue weighted by molar-refractivity contribution is -0.118. The van der Waals surface area contributed by atoms with E-state index in [1.54, 1.807) is 0 Å². The number of fused-ring (bicyclic) bond motifs is 1. The lowest BCUT2D eigenvalue weighted by Gasteiger charge is -2.41. The Morgan fingerprint density at radius 1 is 1.05 bits per heavy atom. The second-order valence-corrected chi connectivity index (χ2v) is 10.2. The highest BCUT2D eigenvalue weighted by molar-refractivity contribution is 7.87. The monoisotopic (exact) mass is 310 g/mol. The van der Waals surface area contributed by atoms with Gasteiger partial charge in [-0.2, -0.15) is 0 Å². The molecule has 5 atom stereocenters. The Bertz CT molecular complexity index is 445. The Morgan fingerprint density at radius 3 is 2.05 bits per heavy atom. The highest BCUT2D eigenvalue weighted by Gasteiger charge is 2.66. The number of ether oxygens (including phenoxy) is 3. The van der Waals surface area contributed by atoms with Crippen LogP contribution in [0.1, 0.15) is 41.5 Å². The zero-order chi connectivity index (χ0) is 16.3. The molecule has 4 radical (unpaired) electrons. The van der Waals surface area contributed by atoms with E-state index in [0.29, 0.717) is 0 Å². The minimum Gasteiger partial charge on any atom is -0.379 e. The van der Waals surface area contributed by atoms with Crippen molar-refractivity contribution >= 4 is 26.5 Å². The molecule has 2 rings (SSSR count). The minimum atomic E-state index is -1.29. The van der Waals surface area contributed by atoms with Crippen LogP contribution in [-0.4, -0.2) is 65.8 Å². The van der Waals surface area contributed by atoms with Gasteiger partial charge in [-0.3, -0.25) is 4.21 Å². The summed E-state index contributed by atoms with van der Waals surface area (Å²) in [6.45, 7) is 12.0. The van der Waals surface area contributed by atoms with Crippen molar-refractivity contribution in [1.29, 1.82) is 0 Å². The molecule has 2 fully saturated rings. The topological polar surface area (TPSA) is 44.8 Å². The van der Waals surface area contributed by atoms with Crippen LogP contribution in [0, 0.1) is 0 Å². The quantitative estimate of drug-likeness (QED) is 0.710. The van der Waals surface area contributed by atoms with Gasteiger partial charge >= 0.3 is 0 Å². The lowest BCUT2D eigenvalue weighted by atomic mass is 9.58. The highest BCUT2D eigenvalue weighted by atomic mass is 32.2. The van der Waals surface area contributed by atoms with Crippen LogP contribution in [-0.2, 0) is 25.0 Å². The molecule has 2 heterocycles. The molecule has 0 N–H and O–H groups in total. The lowest BCUT2D eigenvalue weighted by Crippen LogP contribution is -2.61. The van der Waals surface area contributed by atoms with E-state index < -0.39 is 43.5 Å². The van der Waals surface area contributed by atoms with Crippen molar-refractivity contribution in [2.45, 2.75) is 74.2 Å². The molecule has 2 aliphatic heterocycles. The number of rotatable bonds is 2. The van der Waals surface area contributed by atoms with Crippen LogP contribution in [0.5, 0.6) is 0 Å². The summed E-state index contributed by atoms with van der Waals surface area (Å²) in [4.78, 5) is 0. The second kappa shape index (κ2) is 5.08. The van der Waals surface area contributed by atoms with Gasteiger partial charge in [0.05, 0.1) is 35.1 Å². The minimum absolute atomic E-state index is 0.209. The van der Waals surface area contributed by atoms with Gasteiger partial charge in [0.15, 0.2) is 0 Å². The van der Waals surface area contributed by atoms with Gasteiger partial charge in [-0.25, -0.2) is 0 Å². The van der Waals surface area contributed by atoms with Crippen molar-refractivity contribution < 1.29 is 18.4 Å². The van der Waals surface area contributed by atoms with Crippen molar-refractivity contribution in [1.82, 2.24) is 0 Å². The van der Waals surface area contributed by atoms with Crippen molar-refractivity contribution in [3.05, 3.63) is 0 Å². The predicted octanol–water partition coefficient (Wildman–Crippen LogP) is 0.876. The molecule has 0 spiro atoms. The average molecular weight is 310 g/mol. The first kappa shape index (κ1) is 17.5. The maximum atomic E-state index is 12.7. The first-order chi connectivity index (χ1) is 9.31. The third-order valence-electron chi connectivity index (χ3n) is 3.87. The van der Waals surface area contributed by atoms with Crippen LogP contribution in [0.4, 0.5) is 0 Å². The van der Waals surface area contributed by atoms with E-state index >= 15 is 0 Å². The Labute approximate surface area is 132 Å². The molecular formula is C14H24B2O4S. The SMILES string of the molecule is [B][C@]12OCC(S(=O)C(C)(C)C)[C@@]1([B])OCC2OC(C)(C)C. The fourth-order valence-corrected chi connectivity index (χ4v) is 4.40. The van der Waals surface area contributed by atoms with Gasteiger partial charge < -0.3 is 14.2 Å². The third kappa shape index (κ3) is 2.87. The Hall–Kier alpha value is 0.160. The Morgan fingerprint density at radius 2 is 1.57 bits per heavy atom. The van der Waals surface area contributed by atoms with Gasteiger partial charge in [0.2, 0.25) is 0 Å². The summed E-state index contributed by atoms with van der Waals surface area (Å²) in [6, 6.07) is 0. The summed E-state index contributed by atoms with van der Waals surface area (Å²) in [6.07, 6.45) is -0.482. The van der Waals surface area contributed by atoms with Gasteiger partial charge in [-0.05, 0) is 41.5 Å². The summed E-state index contributed by atoms with van der Waals surface area (Å²) in [7, 11) is 11.6. The van der Waals surface area contributed by atoms with E-state index in [1.807, 2.05) is 41.5 Å². The van der Waals surface area contributed by atoms with Crippen LogP contribution in [0.15, 0.2) is 0 Å². The van der Waals surface area contributed by atoms with Crippen LogP contribution in [0.25, 0.3) is 0 Å². The zero-order valence-corrected chi connectivity index (χ0v) is 14.6. The maximum Gasteiger partial charge on any atom is 0.120 e. The molecule has 0 aromatic rings. The number of hydrogen-bond acceptors (Lipinski definition) is 4. The fraction of sp³-hybridized carbons (Fsp3) is 1.00. The largest absolute Gasteiger partial charge is 0.379 e. The maximum absolute atomic E-state index is 12.7. The molecule has 21 heavy (non-hydrogen) atoms. The summed E-state index contributed by atoms with van der Waals surface area (Å²) in [5.74, 6) is 0. The molecule has 4 nitrogen and oxygen atoms in total. The molecule has 7 heteroatoms. The molecule has 0 bridgehead atoms. The van der Waals surface area contributed by atoms with Crippen LogP contribution in [0.2, 0.25) is 0 Å². The van der Waals surface area contributed by atoms with Crippen molar-refractivity contribution in [2.24, 2.45) is 0 Å². The van der Waals surface area contributed by atoms with Gasteiger partial charge in [0, 0.05) is 15.5 Å². The molecule has 2 saturated heterocycles. The molecule has 3 unspecified atom stereocenters.